The molecule has 0 bridgehead atoms. The Morgan fingerprint density at radius 1 is 0.900 bits per heavy atom. The van der Waals surface area contributed by atoms with Gasteiger partial charge in [-0.1, -0.05) is 29.3 Å². The third-order valence-electron chi connectivity index (χ3n) is 4.08. The summed E-state index contributed by atoms with van der Waals surface area (Å²) in [6.07, 6.45) is 3.42. The quantitative estimate of drug-likeness (QED) is 0.436. The molecule has 6 nitrogen and oxygen atoms in total. The highest BCUT2D eigenvalue weighted by molar-refractivity contribution is 7.89. The van der Waals surface area contributed by atoms with Crippen LogP contribution in [0.3, 0.4) is 0 Å². The van der Waals surface area contributed by atoms with Crippen molar-refractivity contribution in [2.45, 2.75) is 18.0 Å². The van der Waals surface area contributed by atoms with Crippen LogP contribution >= 0.6 is 35.4 Å². The summed E-state index contributed by atoms with van der Waals surface area (Å²) < 4.78 is 27.6. The van der Waals surface area contributed by atoms with Crippen LogP contribution in [-0.4, -0.2) is 18.5 Å². The first kappa shape index (κ1) is 22.5. The van der Waals surface area contributed by atoms with Crippen LogP contribution in [0.25, 0.3) is 0 Å². The largest absolute Gasteiger partial charge is 0.358 e. The summed E-state index contributed by atoms with van der Waals surface area (Å²) in [7, 11) is -3.68. The van der Waals surface area contributed by atoms with Gasteiger partial charge in [0, 0.05) is 31.2 Å². The molecule has 156 valence electrons. The van der Waals surface area contributed by atoms with E-state index >= 15 is 0 Å². The Bertz CT molecular complexity index is 1130. The molecule has 0 aliphatic heterocycles. The summed E-state index contributed by atoms with van der Waals surface area (Å²) in [5, 5.41) is 7.32. The van der Waals surface area contributed by atoms with E-state index in [1.54, 1.807) is 42.7 Å². The van der Waals surface area contributed by atoms with Crippen molar-refractivity contribution in [2.24, 2.45) is 0 Å². The first-order valence-corrected chi connectivity index (χ1v) is 11.5. The van der Waals surface area contributed by atoms with E-state index in [0.29, 0.717) is 33.0 Å². The highest BCUT2D eigenvalue weighted by Gasteiger charge is 2.14. The van der Waals surface area contributed by atoms with Crippen LogP contribution in [-0.2, 0) is 23.1 Å². The lowest BCUT2D eigenvalue weighted by molar-refractivity contribution is 0.581. The van der Waals surface area contributed by atoms with Crippen molar-refractivity contribution in [3.63, 3.8) is 0 Å². The summed E-state index contributed by atoms with van der Waals surface area (Å²) in [5.74, 6) is 0. The average molecular weight is 481 g/mol. The number of halogens is 2. The standard InChI is InChI=1S/C20H18Cl2N4O2S2/c21-18-6-1-15(11-19(18)22)13-25-30(27,28)17-4-2-16(3-5-17)26-20(29)24-12-14-7-9-23-10-8-14/h1-11,25H,12-13H2,(H2,24,26,29). The van der Waals surface area contributed by atoms with Crippen LogP contribution in [0.5, 0.6) is 0 Å². The van der Waals surface area contributed by atoms with Gasteiger partial charge in [-0.2, -0.15) is 0 Å². The number of thiocarbonyl (C=S) groups is 1. The molecule has 10 heteroatoms. The van der Waals surface area contributed by atoms with Gasteiger partial charge in [0.1, 0.15) is 0 Å². The molecule has 0 unspecified atom stereocenters. The molecular weight excluding hydrogens is 463 g/mol. The van der Waals surface area contributed by atoms with Crippen molar-refractivity contribution >= 4 is 56.2 Å². The number of anilines is 1. The lowest BCUT2D eigenvalue weighted by Crippen LogP contribution is -2.28. The van der Waals surface area contributed by atoms with Crippen LogP contribution in [0, 0.1) is 0 Å². The molecule has 0 aliphatic rings. The van der Waals surface area contributed by atoms with Gasteiger partial charge in [0.15, 0.2) is 5.11 Å². The SMILES string of the molecule is O=S(=O)(NCc1ccc(Cl)c(Cl)c1)c1ccc(NC(=S)NCc2ccncc2)cc1. The molecule has 0 aliphatic carbocycles. The number of hydrogen-bond acceptors (Lipinski definition) is 4. The molecule has 0 spiro atoms. The van der Waals surface area contributed by atoms with Gasteiger partial charge in [0.2, 0.25) is 10.0 Å². The minimum atomic E-state index is -3.68. The van der Waals surface area contributed by atoms with Crippen LogP contribution < -0.4 is 15.4 Å². The monoisotopic (exact) mass is 480 g/mol. The molecule has 0 saturated heterocycles. The Morgan fingerprint density at radius 2 is 1.60 bits per heavy atom. The van der Waals surface area contributed by atoms with E-state index in [-0.39, 0.29) is 11.4 Å². The van der Waals surface area contributed by atoms with Crippen LogP contribution in [0.1, 0.15) is 11.1 Å². The van der Waals surface area contributed by atoms with E-state index in [0.717, 1.165) is 5.56 Å². The third-order valence-corrected chi connectivity index (χ3v) is 6.48. The zero-order valence-corrected chi connectivity index (χ0v) is 18.7. The molecule has 3 N–H and O–H groups in total. The Hall–Kier alpha value is -2.23. The zero-order valence-electron chi connectivity index (χ0n) is 15.6. The van der Waals surface area contributed by atoms with E-state index in [1.165, 1.54) is 12.1 Å². The predicted octanol–water partition coefficient (Wildman–Crippen LogP) is 4.35. The van der Waals surface area contributed by atoms with Crippen molar-refractivity contribution in [3.8, 4) is 0 Å². The van der Waals surface area contributed by atoms with Crippen LogP contribution in [0.15, 0.2) is 71.9 Å². The van der Waals surface area contributed by atoms with Gasteiger partial charge in [-0.05, 0) is 71.9 Å². The van der Waals surface area contributed by atoms with Crippen LogP contribution in [0.2, 0.25) is 10.0 Å². The molecular formula is C20H18Cl2N4O2S2. The highest BCUT2D eigenvalue weighted by atomic mass is 35.5. The lowest BCUT2D eigenvalue weighted by Gasteiger charge is -2.12. The number of nitrogens with zero attached hydrogens (tertiary/aromatic N) is 1. The first-order valence-electron chi connectivity index (χ1n) is 8.81. The van der Waals surface area contributed by atoms with E-state index < -0.39 is 10.0 Å². The number of nitrogens with one attached hydrogen (secondary N) is 3. The number of sulfonamides is 1. The second-order valence-corrected chi connectivity index (χ2v) is 9.25. The third kappa shape index (κ3) is 6.38. The van der Waals surface area contributed by atoms with Gasteiger partial charge in [-0.25, -0.2) is 13.1 Å². The topological polar surface area (TPSA) is 83.1 Å². The van der Waals surface area contributed by atoms with Gasteiger partial charge >= 0.3 is 0 Å². The second kappa shape index (κ2) is 10.2. The fourth-order valence-electron chi connectivity index (χ4n) is 2.49. The summed E-state index contributed by atoms with van der Waals surface area (Å²) in [4.78, 5) is 4.11. The molecule has 0 radical (unpaired) electrons. The zero-order chi connectivity index (χ0) is 21.6. The molecule has 0 saturated carbocycles. The number of rotatable bonds is 7. The van der Waals surface area contributed by atoms with Gasteiger partial charge in [0.25, 0.3) is 0 Å². The van der Waals surface area contributed by atoms with E-state index in [1.807, 2.05) is 12.1 Å². The second-order valence-electron chi connectivity index (χ2n) is 6.26. The molecule has 1 heterocycles. The molecule has 2 aromatic carbocycles. The fraction of sp³-hybridized carbons (Fsp3) is 0.100. The minimum absolute atomic E-state index is 0.0994. The Labute approximate surface area is 190 Å². The van der Waals surface area contributed by atoms with Crippen molar-refractivity contribution in [1.82, 2.24) is 15.0 Å². The Morgan fingerprint density at radius 3 is 2.27 bits per heavy atom. The molecule has 3 aromatic rings. The van der Waals surface area contributed by atoms with Crippen molar-refractivity contribution < 1.29 is 8.42 Å². The van der Waals surface area contributed by atoms with Gasteiger partial charge < -0.3 is 10.6 Å². The van der Waals surface area contributed by atoms with Crippen molar-refractivity contribution in [3.05, 3.63) is 88.2 Å². The summed E-state index contributed by atoms with van der Waals surface area (Å²) in [6, 6.07) is 15.0. The van der Waals surface area contributed by atoms with Gasteiger partial charge in [-0.15, -0.1) is 0 Å². The fourth-order valence-corrected chi connectivity index (χ4v) is 4.02. The van der Waals surface area contributed by atoms with E-state index in [4.69, 9.17) is 35.4 Å². The maximum atomic E-state index is 12.5. The molecule has 0 amide bonds. The summed E-state index contributed by atoms with van der Waals surface area (Å²) >= 11 is 17.1. The van der Waals surface area contributed by atoms with Crippen LogP contribution in [0.4, 0.5) is 5.69 Å². The Kier molecular flexibility index (Phi) is 7.63. The molecule has 1 aromatic heterocycles. The Balaban J connectivity index is 1.55. The number of aromatic nitrogens is 1. The van der Waals surface area contributed by atoms with Gasteiger partial charge in [-0.3, -0.25) is 4.98 Å². The van der Waals surface area contributed by atoms with E-state index in [9.17, 15) is 8.42 Å². The molecule has 0 atom stereocenters. The first-order chi connectivity index (χ1) is 14.3. The minimum Gasteiger partial charge on any atom is -0.358 e. The lowest BCUT2D eigenvalue weighted by atomic mass is 10.2. The van der Waals surface area contributed by atoms with Crippen molar-refractivity contribution in [1.29, 1.82) is 0 Å². The van der Waals surface area contributed by atoms with Crippen molar-refractivity contribution in [2.75, 3.05) is 5.32 Å². The van der Waals surface area contributed by atoms with E-state index in [2.05, 4.69) is 20.3 Å². The number of pyridine rings is 1. The average Bonchev–Trinajstić information content (AvgIpc) is 2.74. The summed E-state index contributed by atoms with van der Waals surface area (Å²) in [6.45, 7) is 0.654. The predicted molar refractivity (Wildman–Crippen MR) is 124 cm³/mol. The maximum Gasteiger partial charge on any atom is 0.240 e. The smallest absolute Gasteiger partial charge is 0.240 e. The highest BCUT2D eigenvalue weighted by Crippen LogP contribution is 2.23. The molecule has 3 rings (SSSR count). The molecule has 0 fully saturated rings. The van der Waals surface area contributed by atoms with Gasteiger partial charge in [0.05, 0.1) is 14.9 Å². The summed E-state index contributed by atoms with van der Waals surface area (Å²) in [5.41, 5.74) is 2.42. The normalized spacial score (nSPS) is 11.1. The molecule has 30 heavy (non-hydrogen) atoms. The maximum absolute atomic E-state index is 12.5. The number of hydrogen-bond donors (Lipinski definition) is 3. The number of benzene rings is 2.